The molecule has 0 radical (unpaired) electrons. The first-order valence-corrected chi connectivity index (χ1v) is 10.7. The van der Waals surface area contributed by atoms with Crippen molar-refractivity contribution in [2.24, 2.45) is 0 Å². The van der Waals surface area contributed by atoms with Gasteiger partial charge in [0.1, 0.15) is 23.2 Å². The molecule has 29 heavy (non-hydrogen) atoms. The van der Waals surface area contributed by atoms with Crippen molar-refractivity contribution in [2.75, 3.05) is 23.3 Å². The highest BCUT2D eigenvalue weighted by atomic mass is 35.5. The first kappa shape index (κ1) is 19.7. The molecular weight excluding hydrogens is 408 g/mol. The van der Waals surface area contributed by atoms with E-state index < -0.39 is 0 Å². The summed E-state index contributed by atoms with van der Waals surface area (Å²) in [5.41, 5.74) is 1.42. The zero-order chi connectivity index (χ0) is 20.1. The van der Waals surface area contributed by atoms with Gasteiger partial charge in [-0.3, -0.25) is 4.79 Å². The van der Waals surface area contributed by atoms with Crippen LogP contribution in [-0.4, -0.2) is 29.0 Å². The summed E-state index contributed by atoms with van der Waals surface area (Å²) in [7, 11) is 0. The van der Waals surface area contributed by atoms with Crippen LogP contribution in [0, 0.1) is 0 Å². The largest absolute Gasteiger partial charge is 0.486 e. The van der Waals surface area contributed by atoms with E-state index >= 15 is 0 Å². The van der Waals surface area contributed by atoms with Crippen LogP contribution in [0.15, 0.2) is 48.0 Å². The summed E-state index contributed by atoms with van der Waals surface area (Å²) in [6, 6.07) is 11.0. The molecule has 4 rings (SSSR count). The number of rotatable bonds is 7. The van der Waals surface area contributed by atoms with Crippen molar-refractivity contribution in [3.63, 3.8) is 0 Å². The molecule has 0 bridgehead atoms. The summed E-state index contributed by atoms with van der Waals surface area (Å²) < 4.78 is 5.69. The van der Waals surface area contributed by atoms with Gasteiger partial charge in [-0.1, -0.05) is 11.6 Å². The van der Waals surface area contributed by atoms with Gasteiger partial charge in [-0.25, -0.2) is 9.97 Å². The van der Waals surface area contributed by atoms with Gasteiger partial charge < -0.3 is 15.0 Å². The predicted molar refractivity (Wildman–Crippen MR) is 116 cm³/mol. The van der Waals surface area contributed by atoms with Crippen molar-refractivity contribution in [2.45, 2.75) is 25.9 Å². The summed E-state index contributed by atoms with van der Waals surface area (Å²) in [6.45, 7) is 2.45. The van der Waals surface area contributed by atoms with E-state index in [1.165, 1.54) is 24.2 Å². The van der Waals surface area contributed by atoms with E-state index in [1.807, 2.05) is 29.6 Å². The van der Waals surface area contributed by atoms with Crippen LogP contribution < -0.4 is 15.0 Å². The molecule has 0 aliphatic carbocycles. The fourth-order valence-electron chi connectivity index (χ4n) is 3.14. The van der Waals surface area contributed by atoms with E-state index in [0.29, 0.717) is 17.3 Å². The number of ether oxygens (including phenoxy) is 1. The number of hydrogen-bond donors (Lipinski definition) is 1. The maximum absolute atomic E-state index is 12.3. The van der Waals surface area contributed by atoms with E-state index in [2.05, 4.69) is 20.2 Å². The maximum atomic E-state index is 12.3. The summed E-state index contributed by atoms with van der Waals surface area (Å²) >= 11 is 7.34. The topological polar surface area (TPSA) is 67.3 Å². The number of aromatic nitrogens is 2. The minimum Gasteiger partial charge on any atom is -0.486 e. The molecule has 1 saturated heterocycles. The lowest BCUT2D eigenvalue weighted by Crippen LogP contribution is -2.19. The van der Waals surface area contributed by atoms with Crippen LogP contribution in [0.5, 0.6) is 5.75 Å². The van der Waals surface area contributed by atoms with Gasteiger partial charge in [0.25, 0.3) is 0 Å². The summed E-state index contributed by atoms with van der Waals surface area (Å²) in [5.74, 6) is 1.58. The molecular formula is C21H21ClN4O2S. The van der Waals surface area contributed by atoms with Gasteiger partial charge >= 0.3 is 0 Å². The fraction of sp³-hybridized carbons (Fsp3) is 0.286. The van der Waals surface area contributed by atoms with Gasteiger partial charge in [-0.15, -0.1) is 11.3 Å². The highest BCUT2D eigenvalue weighted by Gasteiger charge is 2.14. The van der Waals surface area contributed by atoms with Crippen molar-refractivity contribution in [3.05, 3.63) is 63.7 Å². The van der Waals surface area contributed by atoms with Crippen molar-refractivity contribution in [1.82, 2.24) is 9.97 Å². The lowest BCUT2D eigenvalue weighted by Gasteiger charge is -2.16. The normalized spacial score (nSPS) is 13.5. The number of nitrogens with zero attached hydrogens (tertiary/aromatic N) is 3. The number of anilines is 2. The number of pyridine rings is 1. The van der Waals surface area contributed by atoms with Crippen molar-refractivity contribution < 1.29 is 9.53 Å². The Morgan fingerprint density at radius 2 is 1.97 bits per heavy atom. The summed E-state index contributed by atoms with van der Waals surface area (Å²) in [4.78, 5) is 23.5. The molecule has 0 saturated carbocycles. The van der Waals surface area contributed by atoms with E-state index in [-0.39, 0.29) is 12.3 Å². The van der Waals surface area contributed by atoms with Gasteiger partial charge in [0.15, 0.2) is 0 Å². The number of amides is 1. The quantitative estimate of drug-likeness (QED) is 0.597. The first-order valence-electron chi connectivity index (χ1n) is 9.48. The van der Waals surface area contributed by atoms with E-state index in [4.69, 9.17) is 16.3 Å². The van der Waals surface area contributed by atoms with Gasteiger partial charge in [-0.05, 0) is 49.2 Å². The van der Waals surface area contributed by atoms with Crippen molar-refractivity contribution in [3.8, 4) is 5.75 Å². The standard InChI is InChI=1S/C21H21ClN4O2S/c22-15-3-6-18(7-4-15)28-13-21-25-17(14-29-21)11-20(27)24-16-5-8-19(23-12-16)26-9-1-2-10-26/h3-8,12,14H,1-2,9-11,13H2,(H,24,27). The van der Waals surface area contributed by atoms with Crippen LogP contribution in [0.2, 0.25) is 5.02 Å². The molecule has 0 unspecified atom stereocenters. The number of benzene rings is 1. The molecule has 0 spiro atoms. The number of hydrogen-bond acceptors (Lipinski definition) is 6. The Hall–Kier alpha value is -2.64. The zero-order valence-corrected chi connectivity index (χ0v) is 17.4. The van der Waals surface area contributed by atoms with E-state index in [0.717, 1.165) is 35.4 Å². The summed E-state index contributed by atoms with van der Waals surface area (Å²) in [5, 5.41) is 6.25. The Labute approximate surface area is 178 Å². The maximum Gasteiger partial charge on any atom is 0.230 e. The molecule has 6 nitrogen and oxygen atoms in total. The van der Waals surface area contributed by atoms with Crippen molar-refractivity contribution in [1.29, 1.82) is 0 Å². The third-order valence-electron chi connectivity index (χ3n) is 4.58. The minimum atomic E-state index is -0.115. The highest BCUT2D eigenvalue weighted by Crippen LogP contribution is 2.20. The minimum absolute atomic E-state index is 0.115. The monoisotopic (exact) mass is 428 g/mol. The SMILES string of the molecule is O=C(Cc1csc(COc2ccc(Cl)cc2)n1)Nc1ccc(N2CCCC2)nc1. The smallest absolute Gasteiger partial charge is 0.230 e. The second kappa shape index (κ2) is 9.24. The Morgan fingerprint density at radius 1 is 1.17 bits per heavy atom. The number of carbonyl (C=O) groups is 1. The number of carbonyl (C=O) groups excluding carboxylic acids is 1. The van der Waals surface area contributed by atoms with Crippen LogP contribution in [0.4, 0.5) is 11.5 Å². The van der Waals surface area contributed by atoms with Gasteiger partial charge in [0.2, 0.25) is 5.91 Å². The first-order chi connectivity index (χ1) is 14.2. The Morgan fingerprint density at radius 3 is 2.69 bits per heavy atom. The van der Waals surface area contributed by atoms with Crippen LogP contribution in [-0.2, 0) is 17.8 Å². The molecule has 0 atom stereocenters. The molecule has 3 heterocycles. The lowest BCUT2D eigenvalue weighted by atomic mass is 10.3. The highest BCUT2D eigenvalue weighted by molar-refractivity contribution is 7.09. The Kier molecular flexibility index (Phi) is 6.27. The van der Waals surface area contributed by atoms with Crippen LogP contribution >= 0.6 is 22.9 Å². The van der Waals surface area contributed by atoms with E-state index in [1.54, 1.807) is 18.3 Å². The zero-order valence-electron chi connectivity index (χ0n) is 15.8. The summed E-state index contributed by atoms with van der Waals surface area (Å²) in [6.07, 6.45) is 4.34. The molecule has 8 heteroatoms. The lowest BCUT2D eigenvalue weighted by molar-refractivity contribution is -0.115. The molecule has 3 aromatic rings. The van der Waals surface area contributed by atoms with Gasteiger partial charge in [-0.2, -0.15) is 0 Å². The third kappa shape index (κ3) is 5.46. The second-order valence-corrected chi connectivity index (χ2v) is 8.18. The average molecular weight is 429 g/mol. The number of nitrogens with one attached hydrogen (secondary N) is 1. The number of halogens is 1. The predicted octanol–water partition coefficient (Wildman–Crippen LogP) is 4.55. The van der Waals surface area contributed by atoms with E-state index in [9.17, 15) is 4.79 Å². The molecule has 1 aliphatic rings. The average Bonchev–Trinajstić information content (AvgIpc) is 3.40. The molecule has 2 aromatic heterocycles. The Balaban J connectivity index is 1.27. The van der Waals surface area contributed by atoms with Crippen LogP contribution in [0.3, 0.4) is 0 Å². The molecule has 1 fully saturated rings. The fourth-order valence-corrected chi connectivity index (χ4v) is 3.97. The second-order valence-electron chi connectivity index (χ2n) is 6.80. The van der Waals surface area contributed by atoms with Crippen molar-refractivity contribution >= 4 is 40.4 Å². The Bertz CT molecular complexity index is 954. The van der Waals surface area contributed by atoms with Gasteiger partial charge in [0.05, 0.1) is 24.0 Å². The number of thiazole rings is 1. The van der Waals surface area contributed by atoms with Gasteiger partial charge in [0, 0.05) is 23.5 Å². The molecule has 150 valence electrons. The third-order valence-corrected chi connectivity index (χ3v) is 5.70. The molecule has 1 N–H and O–H groups in total. The van der Waals surface area contributed by atoms with Crippen LogP contribution in [0.1, 0.15) is 23.5 Å². The van der Waals surface area contributed by atoms with Crippen LogP contribution in [0.25, 0.3) is 0 Å². The molecule has 1 amide bonds. The molecule has 1 aliphatic heterocycles. The molecule has 1 aromatic carbocycles.